The lowest BCUT2D eigenvalue weighted by Crippen LogP contribution is -2.59. The quantitative estimate of drug-likeness (QED) is 0.258. The molecule has 5 atom stereocenters. The molecule has 2 saturated heterocycles. The van der Waals surface area contributed by atoms with E-state index in [-0.39, 0.29) is 37.7 Å². The number of nitrogens with one attached hydrogen (secondary N) is 3. The Bertz CT molecular complexity index is 2370. The van der Waals surface area contributed by atoms with Gasteiger partial charge in [-0.1, -0.05) is 12.8 Å². The average molecular weight is 916 g/mol. The molecule has 20 heteroatoms. The molecule has 3 aromatic rings. The molecule has 2 aliphatic heterocycles. The maximum atomic E-state index is 14.8. The SMILES string of the molecule is CN1CCCCC[C@@H]2C[C@@]2(C(=O)NS(=O)(=O)C2CC2)NC(=O)[C@@H]2C[C@@H](Oc3nc(-c4ccc(OC(F)(F)F)cc4)cc4cc(N(C)C)ccc34)CN2C(=O)[C@@H](NC(=O)OC(C)(C)C)C1. The van der Waals surface area contributed by atoms with E-state index >= 15 is 0 Å². The first kappa shape index (κ1) is 46.6. The zero-order valence-corrected chi connectivity index (χ0v) is 37.6. The Morgan fingerprint density at radius 3 is 2.34 bits per heavy atom. The second-order valence-electron chi connectivity index (χ2n) is 18.5. The van der Waals surface area contributed by atoms with Gasteiger partial charge in [-0.2, -0.15) is 0 Å². The third kappa shape index (κ3) is 11.1. The number of pyridine rings is 1. The van der Waals surface area contributed by atoms with E-state index in [2.05, 4.69) is 20.1 Å². The number of ether oxygens (including phenoxy) is 3. The van der Waals surface area contributed by atoms with Crippen LogP contribution in [-0.4, -0.2) is 129 Å². The van der Waals surface area contributed by atoms with E-state index in [9.17, 15) is 40.8 Å². The lowest BCUT2D eigenvalue weighted by Gasteiger charge is -2.32. The van der Waals surface area contributed by atoms with E-state index in [4.69, 9.17) is 14.5 Å². The molecule has 2 aromatic carbocycles. The summed E-state index contributed by atoms with van der Waals surface area (Å²) in [5.74, 6) is -2.73. The van der Waals surface area contributed by atoms with Crippen LogP contribution in [0.2, 0.25) is 0 Å². The smallest absolute Gasteiger partial charge is 0.472 e. The van der Waals surface area contributed by atoms with E-state index in [0.717, 1.165) is 18.5 Å². The number of fused-ring (bicyclic) bond motifs is 3. The van der Waals surface area contributed by atoms with E-state index in [1.54, 1.807) is 26.8 Å². The first-order chi connectivity index (χ1) is 30.0. The number of amides is 4. The van der Waals surface area contributed by atoms with E-state index in [1.165, 1.54) is 29.2 Å². The van der Waals surface area contributed by atoms with Crippen LogP contribution in [0.25, 0.3) is 22.0 Å². The summed E-state index contributed by atoms with van der Waals surface area (Å²) in [4.78, 5) is 66.6. The average Bonchev–Trinajstić information content (AvgIpc) is 4.12. The molecule has 16 nitrogen and oxygen atoms in total. The summed E-state index contributed by atoms with van der Waals surface area (Å²) in [7, 11) is 1.61. The van der Waals surface area contributed by atoms with Gasteiger partial charge in [0.25, 0.3) is 5.91 Å². The topological polar surface area (TPSA) is 189 Å². The number of hydrogen-bond donors (Lipinski definition) is 3. The Morgan fingerprint density at radius 2 is 1.69 bits per heavy atom. The molecule has 0 radical (unpaired) electrons. The van der Waals surface area contributed by atoms with Crippen LogP contribution in [-0.2, 0) is 29.1 Å². The lowest BCUT2D eigenvalue weighted by molar-refractivity contribution is -0.274. The van der Waals surface area contributed by atoms with Crippen molar-refractivity contribution in [2.75, 3.05) is 45.7 Å². The van der Waals surface area contributed by atoms with Gasteiger partial charge in [0.05, 0.1) is 17.5 Å². The van der Waals surface area contributed by atoms with Crippen LogP contribution in [0.4, 0.5) is 23.7 Å². The molecule has 4 fully saturated rings. The van der Waals surface area contributed by atoms with Gasteiger partial charge in [0.15, 0.2) is 0 Å². The molecule has 2 saturated carbocycles. The van der Waals surface area contributed by atoms with E-state index < -0.39 is 80.5 Å². The molecule has 1 aromatic heterocycles. The molecule has 3 heterocycles. The van der Waals surface area contributed by atoms with Crippen LogP contribution < -0.4 is 29.7 Å². The summed E-state index contributed by atoms with van der Waals surface area (Å²) in [6, 6.07) is 10.2. The molecule has 0 bridgehead atoms. The fraction of sp³-hybridized carbons (Fsp3) is 0.568. The van der Waals surface area contributed by atoms with Crippen LogP contribution in [0.1, 0.15) is 72.1 Å². The van der Waals surface area contributed by atoms with Gasteiger partial charge >= 0.3 is 12.5 Å². The summed E-state index contributed by atoms with van der Waals surface area (Å²) in [6.45, 7) is 5.58. The molecule has 348 valence electrons. The van der Waals surface area contributed by atoms with Gasteiger partial charge in [-0.25, -0.2) is 18.2 Å². The number of alkyl carbamates (subject to hydrolysis) is 1. The Morgan fingerprint density at radius 1 is 0.969 bits per heavy atom. The van der Waals surface area contributed by atoms with Crippen molar-refractivity contribution in [2.45, 2.75) is 113 Å². The fourth-order valence-corrected chi connectivity index (χ4v) is 9.79. The third-order valence-electron chi connectivity index (χ3n) is 11.9. The lowest BCUT2D eigenvalue weighted by atomic mass is 10.1. The highest BCUT2D eigenvalue weighted by Crippen LogP contribution is 2.48. The minimum Gasteiger partial charge on any atom is -0.472 e. The first-order valence-electron chi connectivity index (χ1n) is 21.5. The minimum absolute atomic E-state index is 0.0810. The Hall–Kier alpha value is -5.37. The van der Waals surface area contributed by atoms with E-state index in [1.807, 2.05) is 49.1 Å². The second-order valence-corrected chi connectivity index (χ2v) is 20.5. The van der Waals surface area contributed by atoms with Crippen LogP contribution in [0.15, 0.2) is 48.5 Å². The second kappa shape index (κ2) is 17.9. The highest BCUT2D eigenvalue weighted by Gasteiger charge is 2.62. The van der Waals surface area contributed by atoms with Crippen molar-refractivity contribution < 1.29 is 55.0 Å². The minimum atomic E-state index is -4.88. The number of sulfonamides is 1. The van der Waals surface area contributed by atoms with Gasteiger partial charge in [-0.05, 0) is 126 Å². The Balaban J connectivity index is 1.24. The number of hydrogen-bond acceptors (Lipinski definition) is 12. The van der Waals surface area contributed by atoms with Crippen LogP contribution >= 0.6 is 0 Å². The molecular weight excluding hydrogens is 860 g/mol. The zero-order valence-electron chi connectivity index (χ0n) is 36.8. The number of anilines is 1. The van der Waals surface area contributed by atoms with Crippen LogP contribution in [0.3, 0.4) is 0 Å². The predicted octanol–water partition coefficient (Wildman–Crippen LogP) is 5.10. The molecule has 7 rings (SSSR count). The van der Waals surface area contributed by atoms with Gasteiger partial charge in [-0.15, -0.1) is 13.2 Å². The van der Waals surface area contributed by atoms with Crippen molar-refractivity contribution in [2.24, 2.45) is 5.92 Å². The summed E-state index contributed by atoms with van der Waals surface area (Å²) in [5, 5.41) is 6.21. The van der Waals surface area contributed by atoms with Gasteiger partial charge in [0.1, 0.15) is 35.1 Å². The number of halogens is 3. The van der Waals surface area contributed by atoms with Crippen molar-refractivity contribution in [3.8, 4) is 22.9 Å². The van der Waals surface area contributed by atoms with Gasteiger partial charge in [0.2, 0.25) is 27.7 Å². The standard InChI is InChI=1S/C44H56F3N7O9S/c1-42(2,3)63-41(58)49-35-25-53(6)19-9-7-8-10-28-23-43(28,40(57)51-64(59,60)32-16-17-32)50-37(55)36-22-31(24-54(36)39(35)56)61-38-33-18-13-29(52(4)5)20-27(33)21-34(48-38)26-11-14-30(15-12-26)62-44(45,46)47/h11-15,18,20-21,28,31-32,35-36H,7-10,16-17,19,22-25H2,1-6H3,(H,49,58)(H,50,55)(H,51,57)/t28-,31-,35+,36+,43-/m1/s1. The molecule has 4 amide bonds. The molecule has 0 spiro atoms. The predicted molar refractivity (Wildman–Crippen MR) is 231 cm³/mol. The monoisotopic (exact) mass is 915 g/mol. The molecule has 4 aliphatic rings. The molecule has 3 N–H and O–H groups in total. The van der Waals surface area contributed by atoms with Gasteiger partial charge in [-0.3, -0.25) is 19.1 Å². The van der Waals surface area contributed by atoms with E-state index in [0.29, 0.717) is 54.3 Å². The number of carbonyl (C=O) groups excluding carboxylic acids is 4. The first-order valence-corrected chi connectivity index (χ1v) is 23.1. The number of benzene rings is 2. The van der Waals surface area contributed by atoms with Crippen molar-refractivity contribution in [1.29, 1.82) is 0 Å². The summed E-state index contributed by atoms with van der Waals surface area (Å²) >= 11 is 0. The van der Waals surface area contributed by atoms with Crippen molar-refractivity contribution >= 4 is 50.3 Å². The summed E-state index contributed by atoms with van der Waals surface area (Å²) in [6.07, 6.45) is -2.79. The molecule has 2 aliphatic carbocycles. The highest BCUT2D eigenvalue weighted by atomic mass is 32.2. The maximum Gasteiger partial charge on any atom is 0.573 e. The highest BCUT2D eigenvalue weighted by molar-refractivity contribution is 7.91. The van der Waals surface area contributed by atoms with Crippen molar-refractivity contribution in [3.63, 3.8) is 0 Å². The van der Waals surface area contributed by atoms with Crippen LogP contribution in [0.5, 0.6) is 11.6 Å². The van der Waals surface area contributed by atoms with Gasteiger partial charge in [0, 0.05) is 43.7 Å². The fourth-order valence-electron chi connectivity index (χ4n) is 8.43. The number of carbonyl (C=O) groups is 4. The van der Waals surface area contributed by atoms with Gasteiger partial charge < -0.3 is 39.5 Å². The maximum absolute atomic E-state index is 14.8. The number of aromatic nitrogens is 1. The zero-order chi connectivity index (χ0) is 46.4. The largest absolute Gasteiger partial charge is 0.573 e. The molecule has 64 heavy (non-hydrogen) atoms. The van der Waals surface area contributed by atoms with Crippen LogP contribution in [0, 0.1) is 5.92 Å². The third-order valence-corrected chi connectivity index (χ3v) is 13.8. The Labute approximate surface area is 370 Å². The number of rotatable bonds is 9. The van der Waals surface area contributed by atoms with Crippen molar-refractivity contribution in [1.82, 2.24) is 30.1 Å². The Kier molecular flexibility index (Phi) is 13.0. The summed E-state index contributed by atoms with van der Waals surface area (Å²) < 4.78 is 83.3. The number of likely N-dealkylation sites (N-methyl/N-ethyl adjacent to an activating group) is 1. The van der Waals surface area contributed by atoms with Crippen molar-refractivity contribution in [3.05, 3.63) is 48.5 Å². The number of alkyl halides is 3. The number of nitrogens with zero attached hydrogens (tertiary/aromatic N) is 4. The normalized spacial score (nSPS) is 24.9. The summed E-state index contributed by atoms with van der Waals surface area (Å²) in [5.41, 5.74) is -0.746. The molecule has 0 unspecified atom stereocenters. The molecular formula is C44H56F3N7O9S.